The highest BCUT2D eigenvalue weighted by Gasteiger charge is 2.23. The van der Waals surface area contributed by atoms with Crippen LogP contribution < -0.4 is 4.90 Å². The molecule has 5 nitrogen and oxygen atoms in total. The monoisotopic (exact) mass is 386 g/mol. The molecule has 0 N–H and O–H groups in total. The number of carbonyl (C=O) groups is 1. The largest absolute Gasteiger partial charge is 0.353 e. The molecule has 2 aromatic carbocycles. The third-order valence-corrected chi connectivity index (χ3v) is 5.36. The molecule has 3 aromatic rings. The number of hydrogen-bond donors (Lipinski definition) is 0. The number of nitrogens with zero attached hydrogens (tertiary/aromatic N) is 4. The van der Waals surface area contributed by atoms with E-state index in [0.29, 0.717) is 13.1 Å². The first kappa shape index (κ1) is 19.1. The summed E-state index contributed by atoms with van der Waals surface area (Å²) in [7, 11) is 0. The van der Waals surface area contributed by atoms with Gasteiger partial charge in [-0.2, -0.15) is 0 Å². The molecule has 1 saturated heterocycles. The molecule has 1 amide bonds. The Bertz CT molecular complexity index is 1000. The van der Waals surface area contributed by atoms with Gasteiger partial charge in [-0.25, -0.2) is 9.97 Å². The zero-order valence-electron chi connectivity index (χ0n) is 17.2. The second kappa shape index (κ2) is 8.03. The molecule has 0 aliphatic carbocycles. The second-order valence-electron chi connectivity index (χ2n) is 7.78. The Kier molecular flexibility index (Phi) is 5.30. The Morgan fingerprint density at radius 2 is 1.45 bits per heavy atom. The Morgan fingerprint density at radius 1 is 0.793 bits per heavy atom. The predicted molar refractivity (Wildman–Crippen MR) is 116 cm³/mol. The minimum atomic E-state index is 0.111. The van der Waals surface area contributed by atoms with E-state index in [1.54, 1.807) is 6.33 Å². The molecule has 148 valence electrons. The van der Waals surface area contributed by atoms with Crippen LogP contribution in [0.2, 0.25) is 0 Å². The van der Waals surface area contributed by atoms with Crippen LogP contribution in [0, 0.1) is 20.8 Å². The van der Waals surface area contributed by atoms with Crippen molar-refractivity contribution >= 4 is 11.7 Å². The van der Waals surface area contributed by atoms with Gasteiger partial charge in [0.05, 0.1) is 5.69 Å². The number of piperazine rings is 1. The Labute approximate surface area is 172 Å². The lowest BCUT2D eigenvalue weighted by atomic mass is 10.1. The van der Waals surface area contributed by atoms with Gasteiger partial charge in [0.15, 0.2) is 0 Å². The van der Waals surface area contributed by atoms with Crippen molar-refractivity contribution in [3.8, 4) is 11.3 Å². The van der Waals surface area contributed by atoms with Crippen molar-refractivity contribution in [3.05, 3.63) is 77.1 Å². The quantitative estimate of drug-likeness (QED) is 0.682. The SMILES string of the molecule is Cc1ccc(-c2cc(N3CCN(C(=O)c4cc(C)cc(C)c4)CC3)ncn2)cc1. The summed E-state index contributed by atoms with van der Waals surface area (Å²) in [6.45, 7) is 9.05. The maximum Gasteiger partial charge on any atom is 0.253 e. The molecular weight excluding hydrogens is 360 g/mol. The Hall–Kier alpha value is -3.21. The molecule has 0 spiro atoms. The average molecular weight is 386 g/mol. The summed E-state index contributed by atoms with van der Waals surface area (Å²) in [6, 6.07) is 16.4. The van der Waals surface area contributed by atoms with Crippen molar-refractivity contribution in [2.24, 2.45) is 0 Å². The van der Waals surface area contributed by atoms with Crippen LogP contribution in [-0.2, 0) is 0 Å². The van der Waals surface area contributed by atoms with E-state index in [4.69, 9.17) is 0 Å². The maximum absolute atomic E-state index is 12.9. The van der Waals surface area contributed by atoms with Gasteiger partial charge in [-0.1, -0.05) is 47.0 Å². The van der Waals surface area contributed by atoms with E-state index in [2.05, 4.69) is 52.1 Å². The third kappa shape index (κ3) is 4.29. The lowest BCUT2D eigenvalue weighted by molar-refractivity contribution is 0.0746. The van der Waals surface area contributed by atoms with Crippen molar-refractivity contribution < 1.29 is 4.79 Å². The summed E-state index contributed by atoms with van der Waals surface area (Å²) in [6.07, 6.45) is 1.62. The number of benzene rings is 2. The zero-order chi connectivity index (χ0) is 20.4. The summed E-state index contributed by atoms with van der Waals surface area (Å²) in [5.74, 6) is 1.02. The standard InChI is InChI=1S/C24H26N4O/c1-17-4-6-20(7-5-17)22-15-23(26-16-25-22)27-8-10-28(11-9-27)24(29)21-13-18(2)12-19(3)14-21/h4-7,12-16H,8-11H2,1-3H3. The van der Waals surface area contributed by atoms with E-state index in [-0.39, 0.29) is 5.91 Å². The molecule has 29 heavy (non-hydrogen) atoms. The van der Waals surface area contributed by atoms with Crippen molar-refractivity contribution in [1.82, 2.24) is 14.9 Å². The molecule has 0 unspecified atom stereocenters. The molecule has 5 heteroatoms. The van der Waals surface area contributed by atoms with E-state index in [9.17, 15) is 4.79 Å². The molecular formula is C24H26N4O. The first-order chi connectivity index (χ1) is 14.0. The van der Waals surface area contributed by atoms with Gasteiger partial charge < -0.3 is 9.80 Å². The molecule has 0 atom stereocenters. The summed E-state index contributed by atoms with van der Waals surface area (Å²) in [5, 5.41) is 0. The van der Waals surface area contributed by atoms with Crippen LogP contribution in [0.25, 0.3) is 11.3 Å². The fraction of sp³-hybridized carbons (Fsp3) is 0.292. The number of rotatable bonds is 3. The second-order valence-corrected chi connectivity index (χ2v) is 7.78. The summed E-state index contributed by atoms with van der Waals surface area (Å²) >= 11 is 0. The van der Waals surface area contributed by atoms with Gasteiger partial charge in [-0.15, -0.1) is 0 Å². The fourth-order valence-corrected chi connectivity index (χ4v) is 3.82. The fourth-order valence-electron chi connectivity index (χ4n) is 3.82. The summed E-state index contributed by atoms with van der Waals surface area (Å²) in [5.41, 5.74) is 6.26. The number of hydrogen-bond acceptors (Lipinski definition) is 4. The first-order valence-corrected chi connectivity index (χ1v) is 10.0. The smallest absolute Gasteiger partial charge is 0.253 e. The van der Waals surface area contributed by atoms with E-state index >= 15 is 0 Å². The van der Waals surface area contributed by atoms with Crippen LogP contribution in [-0.4, -0.2) is 47.0 Å². The highest BCUT2D eigenvalue weighted by Crippen LogP contribution is 2.22. The highest BCUT2D eigenvalue weighted by atomic mass is 16.2. The number of anilines is 1. The molecule has 1 aromatic heterocycles. The van der Waals surface area contributed by atoms with Crippen molar-refractivity contribution in [2.45, 2.75) is 20.8 Å². The van der Waals surface area contributed by atoms with Gasteiger partial charge >= 0.3 is 0 Å². The average Bonchev–Trinajstić information content (AvgIpc) is 2.73. The molecule has 1 fully saturated rings. The van der Waals surface area contributed by atoms with Crippen LogP contribution in [0.15, 0.2) is 54.9 Å². The number of carbonyl (C=O) groups excluding carboxylic acids is 1. The molecule has 0 saturated carbocycles. The van der Waals surface area contributed by atoms with Crippen molar-refractivity contribution in [2.75, 3.05) is 31.1 Å². The molecule has 1 aliphatic rings. The van der Waals surface area contributed by atoms with Crippen LogP contribution in [0.3, 0.4) is 0 Å². The number of amides is 1. The summed E-state index contributed by atoms with van der Waals surface area (Å²) < 4.78 is 0. The van der Waals surface area contributed by atoms with Gasteiger partial charge in [0.1, 0.15) is 12.1 Å². The lowest BCUT2D eigenvalue weighted by Gasteiger charge is -2.35. The topological polar surface area (TPSA) is 49.3 Å². The van der Waals surface area contributed by atoms with E-state index in [1.165, 1.54) is 5.56 Å². The minimum Gasteiger partial charge on any atom is -0.353 e. The van der Waals surface area contributed by atoms with Gasteiger partial charge in [0, 0.05) is 43.4 Å². The minimum absolute atomic E-state index is 0.111. The lowest BCUT2D eigenvalue weighted by Crippen LogP contribution is -2.49. The Balaban J connectivity index is 1.45. The molecule has 2 heterocycles. The van der Waals surface area contributed by atoms with Crippen LogP contribution in [0.4, 0.5) is 5.82 Å². The van der Waals surface area contributed by atoms with Gasteiger partial charge in [-0.05, 0) is 32.9 Å². The van der Waals surface area contributed by atoms with Crippen LogP contribution in [0.1, 0.15) is 27.0 Å². The number of aromatic nitrogens is 2. The molecule has 0 radical (unpaired) electrons. The molecule has 1 aliphatic heterocycles. The summed E-state index contributed by atoms with van der Waals surface area (Å²) in [4.78, 5) is 26.0. The van der Waals surface area contributed by atoms with Gasteiger partial charge in [0.2, 0.25) is 0 Å². The van der Waals surface area contributed by atoms with Crippen molar-refractivity contribution in [3.63, 3.8) is 0 Å². The van der Waals surface area contributed by atoms with E-state index in [0.717, 1.165) is 46.9 Å². The predicted octanol–water partition coefficient (Wildman–Crippen LogP) is 4.03. The van der Waals surface area contributed by atoms with Gasteiger partial charge in [-0.3, -0.25) is 4.79 Å². The van der Waals surface area contributed by atoms with Gasteiger partial charge in [0.25, 0.3) is 5.91 Å². The van der Waals surface area contributed by atoms with Crippen LogP contribution in [0.5, 0.6) is 0 Å². The highest BCUT2D eigenvalue weighted by molar-refractivity contribution is 5.94. The van der Waals surface area contributed by atoms with E-state index < -0.39 is 0 Å². The maximum atomic E-state index is 12.9. The first-order valence-electron chi connectivity index (χ1n) is 10.0. The molecule has 0 bridgehead atoms. The normalized spacial score (nSPS) is 14.2. The van der Waals surface area contributed by atoms with Crippen molar-refractivity contribution in [1.29, 1.82) is 0 Å². The zero-order valence-corrected chi connectivity index (χ0v) is 17.2. The Morgan fingerprint density at radius 3 is 2.10 bits per heavy atom. The number of aryl methyl sites for hydroxylation is 3. The third-order valence-electron chi connectivity index (χ3n) is 5.36. The van der Waals surface area contributed by atoms with E-state index in [1.807, 2.05) is 36.9 Å². The molecule has 4 rings (SSSR count). The van der Waals surface area contributed by atoms with Crippen LogP contribution >= 0.6 is 0 Å².